The molecule has 1 aromatic carbocycles. The highest BCUT2D eigenvalue weighted by Crippen LogP contribution is 2.35. The molecule has 100 valence electrons. The number of anilines is 2. The standard InChI is InChI=1S/C12H15N4O2S/c1-9(2)16-10-5-3-4-6-11(10)19(17,18)15-8-7-14(13)12(15)16/h3-9H,13H2,1-2H3/q+1. The zero-order chi connectivity index (χ0) is 13.8. The predicted molar refractivity (Wildman–Crippen MR) is 71.1 cm³/mol. The molecule has 0 saturated heterocycles. The number of hydrogen-bond donors (Lipinski definition) is 1. The van der Waals surface area contributed by atoms with Crippen LogP contribution in [0.4, 0.5) is 11.6 Å². The molecule has 0 spiro atoms. The van der Waals surface area contributed by atoms with Crippen molar-refractivity contribution >= 4 is 21.7 Å². The van der Waals surface area contributed by atoms with Crippen molar-refractivity contribution in [3.63, 3.8) is 0 Å². The van der Waals surface area contributed by atoms with Crippen molar-refractivity contribution < 1.29 is 12.4 Å². The van der Waals surface area contributed by atoms with Gasteiger partial charge in [-0.1, -0.05) is 12.1 Å². The van der Waals surface area contributed by atoms with E-state index in [0.29, 0.717) is 16.5 Å². The van der Waals surface area contributed by atoms with Gasteiger partial charge < -0.3 is 0 Å². The number of aromatic nitrogens is 2. The van der Waals surface area contributed by atoms with Gasteiger partial charge in [0, 0.05) is 0 Å². The quantitative estimate of drug-likeness (QED) is 0.612. The second kappa shape index (κ2) is 3.74. The van der Waals surface area contributed by atoms with Crippen LogP contribution >= 0.6 is 0 Å². The first kappa shape index (κ1) is 12.0. The van der Waals surface area contributed by atoms with E-state index < -0.39 is 10.0 Å². The first-order valence-corrected chi connectivity index (χ1v) is 7.40. The van der Waals surface area contributed by atoms with E-state index in [-0.39, 0.29) is 6.04 Å². The monoisotopic (exact) mass is 279 g/mol. The molecule has 0 radical (unpaired) electrons. The van der Waals surface area contributed by atoms with E-state index in [1.807, 2.05) is 24.8 Å². The zero-order valence-corrected chi connectivity index (χ0v) is 11.5. The maximum atomic E-state index is 12.5. The van der Waals surface area contributed by atoms with Crippen LogP contribution in [0.1, 0.15) is 13.8 Å². The normalized spacial score (nSPS) is 16.3. The highest BCUT2D eigenvalue weighted by molar-refractivity contribution is 7.85. The minimum absolute atomic E-state index is 0.0834. The number of benzene rings is 1. The largest absolute Gasteiger partial charge is 0.402 e. The Balaban J connectivity index is 2.42. The molecule has 0 aliphatic carbocycles. The minimum Gasteiger partial charge on any atom is -0.289 e. The topological polar surface area (TPSA) is 72.2 Å². The Morgan fingerprint density at radius 1 is 1.26 bits per heavy atom. The molecule has 0 unspecified atom stereocenters. The molecule has 0 amide bonds. The lowest BCUT2D eigenvalue weighted by Gasteiger charge is -2.27. The van der Waals surface area contributed by atoms with Gasteiger partial charge in [-0.05, 0) is 26.0 Å². The number of fused-ring (bicyclic) bond motifs is 2. The van der Waals surface area contributed by atoms with Crippen molar-refractivity contribution in [1.82, 2.24) is 4.68 Å². The maximum absolute atomic E-state index is 12.5. The molecule has 0 fully saturated rings. The molecule has 2 aromatic rings. The number of para-hydroxylation sites is 1. The third-order valence-electron chi connectivity index (χ3n) is 3.18. The van der Waals surface area contributed by atoms with E-state index in [2.05, 4.69) is 0 Å². The Bertz CT molecular complexity index is 749. The second-order valence-electron chi connectivity index (χ2n) is 4.74. The van der Waals surface area contributed by atoms with Crippen LogP contribution < -0.4 is 14.7 Å². The summed E-state index contributed by atoms with van der Waals surface area (Å²) in [5, 5.41) is 0. The summed E-state index contributed by atoms with van der Waals surface area (Å²) in [6.45, 7) is 3.98. The Morgan fingerprint density at radius 2 is 1.95 bits per heavy atom. The van der Waals surface area contributed by atoms with Gasteiger partial charge in [0.15, 0.2) is 0 Å². The summed E-state index contributed by atoms with van der Waals surface area (Å²) >= 11 is 0. The van der Waals surface area contributed by atoms with E-state index in [9.17, 15) is 8.42 Å². The average molecular weight is 279 g/mol. The molecule has 1 aliphatic rings. The van der Waals surface area contributed by atoms with E-state index in [4.69, 9.17) is 5.84 Å². The van der Waals surface area contributed by atoms with Gasteiger partial charge in [-0.3, -0.25) is 5.84 Å². The number of nitrogens with two attached hydrogens (primary N) is 1. The van der Waals surface area contributed by atoms with Crippen LogP contribution in [-0.2, 0) is 10.0 Å². The lowest BCUT2D eigenvalue weighted by atomic mass is 10.2. The van der Waals surface area contributed by atoms with Crippen molar-refractivity contribution in [3.8, 4) is 0 Å². The summed E-state index contributed by atoms with van der Waals surface area (Å²) < 4.78 is 27.6. The Morgan fingerprint density at radius 3 is 2.63 bits per heavy atom. The number of imidazole rings is 1. The molecule has 1 aromatic heterocycles. The number of rotatable bonds is 1. The molecule has 7 heteroatoms. The summed E-state index contributed by atoms with van der Waals surface area (Å²) in [7, 11) is -3.57. The van der Waals surface area contributed by atoms with Crippen molar-refractivity contribution in [3.05, 3.63) is 36.7 Å². The predicted octanol–water partition coefficient (Wildman–Crippen LogP) is 0.586. The SMILES string of the molecule is CC(C)N1c2ccccc2S(=O)(=O)[n+]2ccn(N)c21. The molecule has 6 nitrogen and oxygen atoms in total. The fraction of sp³-hybridized carbons (Fsp3) is 0.250. The van der Waals surface area contributed by atoms with Crippen LogP contribution in [0.2, 0.25) is 0 Å². The fourth-order valence-electron chi connectivity index (χ4n) is 2.39. The summed E-state index contributed by atoms with van der Waals surface area (Å²) in [6.07, 6.45) is 3.00. The second-order valence-corrected chi connectivity index (χ2v) is 6.52. The molecular formula is C12H15N4O2S+. The van der Waals surface area contributed by atoms with Crippen LogP contribution in [0.25, 0.3) is 0 Å². The minimum atomic E-state index is -3.57. The van der Waals surface area contributed by atoms with Crippen LogP contribution in [0.3, 0.4) is 0 Å². The zero-order valence-electron chi connectivity index (χ0n) is 10.7. The van der Waals surface area contributed by atoms with Crippen molar-refractivity contribution in [2.24, 2.45) is 0 Å². The highest BCUT2D eigenvalue weighted by atomic mass is 32.2. The smallest absolute Gasteiger partial charge is 0.289 e. The third-order valence-corrected chi connectivity index (χ3v) is 4.89. The van der Waals surface area contributed by atoms with Crippen molar-refractivity contribution in [1.29, 1.82) is 0 Å². The van der Waals surface area contributed by atoms with Crippen LogP contribution in [0.15, 0.2) is 41.6 Å². The van der Waals surface area contributed by atoms with Gasteiger partial charge in [-0.15, -0.1) is 8.65 Å². The van der Waals surface area contributed by atoms with Crippen molar-refractivity contribution in [2.45, 2.75) is 24.8 Å². The summed E-state index contributed by atoms with van der Waals surface area (Å²) in [5.74, 6) is 6.30. The lowest BCUT2D eigenvalue weighted by molar-refractivity contribution is -0.497. The summed E-state index contributed by atoms with van der Waals surface area (Å²) in [4.78, 5) is 2.21. The molecule has 2 N–H and O–H groups in total. The van der Waals surface area contributed by atoms with Gasteiger partial charge >= 0.3 is 16.0 Å². The van der Waals surface area contributed by atoms with E-state index in [1.165, 1.54) is 21.0 Å². The Labute approximate surface area is 111 Å². The Hall–Kier alpha value is -2.02. The van der Waals surface area contributed by atoms with E-state index >= 15 is 0 Å². The number of hydrogen-bond acceptors (Lipinski definition) is 4. The van der Waals surface area contributed by atoms with Crippen LogP contribution in [0, 0.1) is 0 Å². The van der Waals surface area contributed by atoms with E-state index in [0.717, 1.165) is 0 Å². The first-order chi connectivity index (χ1) is 8.94. The van der Waals surface area contributed by atoms with Gasteiger partial charge in [-0.2, -0.15) is 8.42 Å². The molecule has 2 heterocycles. The fourth-order valence-corrected chi connectivity index (χ4v) is 3.90. The number of nitrogen functional groups attached to an aromatic ring is 1. The van der Waals surface area contributed by atoms with Gasteiger partial charge in [0.2, 0.25) is 0 Å². The van der Waals surface area contributed by atoms with Gasteiger partial charge in [0.25, 0.3) is 0 Å². The lowest BCUT2D eigenvalue weighted by Crippen LogP contribution is -2.52. The van der Waals surface area contributed by atoms with Crippen LogP contribution in [-0.4, -0.2) is 19.1 Å². The van der Waals surface area contributed by atoms with Gasteiger partial charge in [-0.25, -0.2) is 4.90 Å². The van der Waals surface area contributed by atoms with Gasteiger partial charge in [0.05, 0.1) is 6.04 Å². The van der Waals surface area contributed by atoms with E-state index in [1.54, 1.807) is 18.2 Å². The molecule has 0 atom stereocenters. The molecule has 0 saturated carbocycles. The Kier molecular flexibility index (Phi) is 2.37. The number of nitrogens with zero attached hydrogens (tertiary/aromatic N) is 3. The molecule has 19 heavy (non-hydrogen) atoms. The summed E-state index contributed by atoms with van der Waals surface area (Å²) in [6, 6.07) is 7.04. The van der Waals surface area contributed by atoms with Crippen LogP contribution in [0.5, 0.6) is 0 Å². The van der Waals surface area contributed by atoms with Crippen molar-refractivity contribution in [2.75, 3.05) is 10.7 Å². The van der Waals surface area contributed by atoms with Gasteiger partial charge in [0.1, 0.15) is 23.0 Å². The maximum Gasteiger partial charge on any atom is 0.402 e. The molecule has 3 rings (SSSR count). The molecule has 1 aliphatic heterocycles. The summed E-state index contributed by atoms with van der Waals surface area (Å²) in [5.41, 5.74) is 0.655. The average Bonchev–Trinajstić information content (AvgIpc) is 2.73. The molecule has 0 bridgehead atoms. The molecular weight excluding hydrogens is 264 g/mol. The third kappa shape index (κ3) is 1.48. The highest BCUT2D eigenvalue weighted by Gasteiger charge is 2.43. The first-order valence-electron chi connectivity index (χ1n) is 5.96.